The summed E-state index contributed by atoms with van der Waals surface area (Å²) in [7, 11) is 0. The Kier molecular flexibility index (Phi) is 4.71. The average Bonchev–Trinajstić information content (AvgIpc) is 2.39. The Bertz CT molecular complexity index is 435. The highest BCUT2D eigenvalue weighted by Gasteiger charge is 2.20. The van der Waals surface area contributed by atoms with Crippen LogP contribution in [0.5, 0.6) is 0 Å². The molecule has 1 aromatic heterocycles. The molecule has 2 heterocycles. The third kappa shape index (κ3) is 4.19. The number of hydrogen-bond donors (Lipinski definition) is 1. The van der Waals surface area contributed by atoms with E-state index in [0.29, 0.717) is 5.92 Å². The minimum absolute atomic E-state index is 0.0547. The van der Waals surface area contributed by atoms with E-state index in [4.69, 9.17) is 0 Å². The molecule has 1 N–H and O–H groups in total. The van der Waals surface area contributed by atoms with Gasteiger partial charge in [-0.05, 0) is 32.1 Å². The molecule has 19 heavy (non-hydrogen) atoms. The summed E-state index contributed by atoms with van der Waals surface area (Å²) in [4.78, 5) is 21.7. The van der Waals surface area contributed by atoms with E-state index in [1.165, 1.54) is 12.8 Å². The van der Waals surface area contributed by atoms with Gasteiger partial charge in [0.15, 0.2) is 0 Å². The van der Waals surface area contributed by atoms with E-state index in [1.54, 1.807) is 13.3 Å². The highest BCUT2D eigenvalue weighted by molar-refractivity contribution is 5.72. The molecular formula is C14H22N4O. The molecule has 1 atom stereocenters. The second-order valence-electron chi connectivity index (χ2n) is 5.24. The first-order chi connectivity index (χ1) is 9.15. The van der Waals surface area contributed by atoms with Gasteiger partial charge in [-0.2, -0.15) is 0 Å². The van der Waals surface area contributed by atoms with Gasteiger partial charge >= 0.3 is 0 Å². The molecule has 0 spiro atoms. The molecule has 0 bridgehead atoms. The number of carbonyl (C=O) groups is 1. The summed E-state index contributed by atoms with van der Waals surface area (Å²) in [5.41, 5.74) is 1.00. The topological polar surface area (TPSA) is 58.1 Å². The van der Waals surface area contributed by atoms with Crippen molar-refractivity contribution in [2.24, 2.45) is 5.92 Å². The van der Waals surface area contributed by atoms with Crippen molar-refractivity contribution >= 4 is 11.7 Å². The second-order valence-corrected chi connectivity index (χ2v) is 5.24. The Balaban J connectivity index is 1.88. The molecule has 1 aromatic rings. The van der Waals surface area contributed by atoms with Gasteiger partial charge in [0.2, 0.25) is 5.91 Å². The Hall–Kier alpha value is -1.65. The average molecular weight is 262 g/mol. The van der Waals surface area contributed by atoms with Gasteiger partial charge in [-0.3, -0.25) is 4.79 Å². The Morgan fingerprint density at radius 2 is 2.37 bits per heavy atom. The predicted octanol–water partition coefficient (Wildman–Crippen LogP) is 1.53. The number of nitrogens with one attached hydrogen (secondary N) is 1. The molecule has 5 heteroatoms. The van der Waals surface area contributed by atoms with Crippen molar-refractivity contribution < 1.29 is 4.79 Å². The highest BCUT2D eigenvalue weighted by Crippen LogP contribution is 2.23. The molecule has 1 aliphatic rings. The molecule has 0 saturated carbocycles. The van der Waals surface area contributed by atoms with Crippen LogP contribution in [-0.4, -0.2) is 35.5 Å². The summed E-state index contributed by atoms with van der Waals surface area (Å²) < 4.78 is 0. The summed E-state index contributed by atoms with van der Waals surface area (Å²) in [6, 6.07) is 2.04. The zero-order valence-electron chi connectivity index (χ0n) is 11.7. The van der Waals surface area contributed by atoms with Crippen LogP contribution in [0.4, 0.5) is 5.82 Å². The van der Waals surface area contributed by atoms with Gasteiger partial charge in [0, 0.05) is 38.3 Å². The van der Waals surface area contributed by atoms with Crippen LogP contribution >= 0.6 is 0 Å². The van der Waals surface area contributed by atoms with E-state index in [2.05, 4.69) is 20.2 Å². The van der Waals surface area contributed by atoms with Gasteiger partial charge < -0.3 is 10.2 Å². The number of nitrogens with zero attached hydrogens (tertiary/aromatic N) is 3. The standard InChI is InChI=1S/C14H22N4O/c1-11-8-14(17-10-16-11)18-7-3-4-13(9-18)5-6-15-12(2)19/h8,10,13H,3-7,9H2,1-2H3,(H,15,19)/t13-/m1/s1. The fraction of sp³-hybridized carbons (Fsp3) is 0.643. The Morgan fingerprint density at radius 1 is 1.53 bits per heavy atom. The van der Waals surface area contributed by atoms with Gasteiger partial charge in [0.25, 0.3) is 0 Å². The summed E-state index contributed by atoms with van der Waals surface area (Å²) >= 11 is 0. The van der Waals surface area contributed by atoms with Crippen molar-refractivity contribution in [3.05, 3.63) is 18.1 Å². The molecule has 0 unspecified atom stereocenters. The first-order valence-electron chi connectivity index (χ1n) is 6.93. The maximum absolute atomic E-state index is 10.9. The predicted molar refractivity (Wildman–Crippen MR) is 75.0 cm³/mol. The van der Waals surface area contributed by atoms with E-state index < -0.39 is 0 Å². The molecule has 0 radical (unpaired) electrons. The van der Waals surface area contributed by atoms with Crippen LogP contribution in [0.25, 0.3) is 0 Å². The number of aryl methyl sites for hydroxylation is 1. The van der Waals surface area contributed by atoms with E-state index in [-0.39, 0.29) is 5.91 Å². The van der Waals surface area contributed by atoms with Crippen LogP contribution in [0.3, 0.4) is 0 Å². The SMILES string of the molecule is CC(=O)NCC[C@H]1CCCN(c2cc(C)ncn2)C1. The Labute approximate surface area is 114 Å². The lowest BCUT2D eigenvalue weighted by molar-refractivity contribution is -0.119. The van der Waals surface area contributed by atoms with Gasteiger partial charge in [-0.25, -0.2) is 9.97 Å². The van der Waals surface area contributed by atoms with Crippen molar-refractivity contribution in [1.82, 2.24) is 15.3 Å². The summed E-state index contributed by atoms with van der Waals surface area (Å²) in [5, 5.41) is 2.87. The van der Waals surface area contributed by atoms with E-state index >= 15 is 0 Å². The molecule has 104 valence electrons. The van der Waals surface area contributed by atoms with Crippen LogP contribution < -0.4 is 10.2 Å². The quantitative estimate of drug-likeness (QED) is 0.894. The smallest absolute Gasteiger partial charge is 0.216 e. The summed E-state index contributed by atoms with van der Waals surface area (Å²) in [6.45, 7) is 6.42. The number of piperidine rings is 1. The van der Waals surface area contributed by atoms with Crippen molar-refractivity contribution in [1.29, 1.82) is 0 Å². The first kappa shape index (κ1) is 13.8. The maximum Gasteiger partial charge on any atom is 0.216 e. The van der Waals surface area contributed by atoms with Crippen molar-refractivity contribution in [3.63, 3.8) is 0 Å². The number of carbonyl (C=O) groups excluding carboxylic acids is 1. The van der Waals surface area contributed by atoms with Gasteiger partial charge in [-0.15, -0.1) is 0 Å². The third-order valence-electron chi connectivity index (χ3n) is 3.56. The number of hydrogen-bond acceptors (Lipinski definition) is 4. The van der Waals surface area contributed by atoms with Crippen molar-refractivity contribution in [3.8, 4) is 0 Å². The first-order valence-corrected chi connectivity index (χ1v) is 6.93. The Morgan fingerprint density at radius 3 is 3.11 bits per heavy atom. The number of amides is 1. The van der Waals surface area contributed by atoms with Crippen molar-refractivity contribution in [2.45, 2.75) is 33.1 Å². The molecule has 1 amide bonds. The normalized spacial score (nSPS) is 19.3. The molecule has 1 aliphatic heterocycles. The van der Waals surface area contributed by atoms with E-state index in [9.17, 15) is 4.79 Å². The zero-order chi connectivity index (χ0) is 13.7. The van der Waals surface area contributed by atoms with Crippen LogP contribution in [-0.2, 0) is 4.79 Å². The van der Waals surface area contributed by atoms with Crippen LogP contribution in [0, 0.1) is 12.8 Å². The van der Waals surface area contributed by atoms with Crippen LogP contribution in [0.1, 0.15) is 31.9 Å². The fourth-order valence-corrected chi connectivity index (χ4v) is 2.57. The summed E-state index contributed by atoms with van der Waals surface area (Å²) in [6.07, 6.45) is 5.10. The third-order valence-corrected chi connectivity index (χ3v) is 3.56. The van der Waals surface area contributed by atoms with Crippen LogP contribution in [0.15, 0.2) is 12.4 Å². The molecule has 0 aliphatic carbocycles. The number of aromatic nitrogens is 2. The maximum atomic E-state index is 10.9. The monoisotopic (exact) mass is 262 g/mol. The molecule has 2 rings (SSSR count). The lowest BCUT2D eigenvalue weighted by Crippen LogP contribution is -2.37. The van der Waals surface area contributed by atoms with E-state index in [0.717, 1.165) is 37.6 Å². The lowest BCUT2D eigenvalue weighted by Gasteiger charge is -2.33. The molecule has 5 nitrogen and oxygen atoms in total. The highest BCUT2D eigenvalue weighted by atomic mass is 16.1. The van der Waals surface area contributed by atoms with Gasteiger partial charge in [-0.1, -0.05) is 0 Å². The van der Waals surface area contributed by atoms with Gasteiger partial charge in [0.05, 0.1) is 0 Å². The number of rotatable bonds is 4. The van der Waals surface area contributed by atoms with E-state index in [1.807, 2.05) is 13.0 Å². The lowest BCUT2D eigenvalue weighted by atomic mass is 9.95. The van der Waals surface area contributed by atoms with Gasteiger partial charge in [0.1, 0.15) is 12.1 Å². The molecule has 1 fully saturated rings. The second kappa shape index (κ2) is 6.50. The largest absolute Gasteiger partial charge is 0.356 e. The molecular weight excluding hydrogens is 240 g/mol. The van der Waals surface area contributed by atoms with Crippen LogP contribution in [0.2, 0.25) is 0 Å². The minimum atomic E-state index is 0.0547. The number of anilines is 1. The minimum Gasteiger partial charge on any atom is -0.356 e. The summed E-state index contributed by atoms with van der Waals surface area (Å²) in [5.74, 6) is 1.71. The fourth-order valence-electron chi connectivity index (χ4n) is 2.57. The van der Waals surface area contributed by atoms with Crippen molar-refractivity contribution in [2.75, 3.05) is 24.5 Å². The zero-order valence-corrected chi connectivity index (χ0v) is 11.7. The molecule has 1 saturated heterocycles. The molecule has 0 aromatic carbocycles.